The molecule has 0 spiro atoms. The van der Waals surface area contributed by atoms with Gasteiger partial charge in [-0.3, -0.25) is 4.79 Å². The van der Waals surface area contributed by atoms with Crippen molar-refractivity contribution >= 4 is 11.9 Å². The van der Waals surface area contributed by atoms with E-state index in [1.807, 2.05) is 12.3 Å². The van der Waals surface area contributed by atoms with Gasteiger partial charge >= 0.3 is 0 Å². The van der Waals surface area contributed by atoms with Gasteiger partial charge in [-0.1, -0.05) is 26.7 Å². The highest BCUT2D eigenvalue weighted by molar-refractivity contribution is 6.05. The van der Waals surface area contributed by atoms with E-state index < -0.39 is 0 Å². The maximum Gasteiger partial charge on any atom is 0.165 e. The second kappa shape index (κ2) is 5.84. The molecule has 0 aromatic carbocycles. The van der Waals surface area contributed by atoms with E-state index in [0.717, 1.165) is 41.9 Å². The molecule has 0 radical (unpaired) electrons. The Morgan fingerprint density at radius 2 is 1.96 bits per heavy atom. The number of H-pyrrole nitrogens is 1. The summed E-state index contributed by atoms with van der Waals surface area (Å²) in [5, 5.41) is 0. The molecule has 140 valence electrons. The average molecular weight is 352 g/mol. The summed E-state index contributed by atoms with van der Waals surface area (Å²) >= 11 is 0. The van der Waals surface area contributed by atoms with Crippen LogP contribution in [0.4, 0.5) is 0 Å². The summed E-state index contributed by atoms with van der Waals surface area (Å²) in [7, 11) is 0. The Bertz CT molecular complexity index is 731. The van der Waals surface area contributed by atoms with Crippen LogP contribution in [0, 0.1) is 34.5 Å². The fourth-order valence-corrected chi connectivity index (χ4v) is 7.72. The monoisotopic (exact) mass is 351 g/mol. The minimum atomic E-state index is -0.0997. The highest BCUT2D eigenvalue weighted by atomic mass is 16.1. The van der Waals surface area contributed by atoms with Crippen molar-refractivity contribution in [3.05, 3.63) is 29.6 Å². The predicted octanol–water partition coefficient (Wildman–Crippen LogP) is 6.01. The highest BCUT2D eigenvalue weighted by Gasteiger charge is 2.60. The maximum absolute atomic E-state index is 13.3. The Balaban J connectivity index is 1.47. The molecular formula is C24H33NO. The molecule has 4 fully saturated rings. The van der Waals surface area contributed by atoms with Crippen LogP contribution in [0.1, 0.15) is 77.3 Å². The third-order valence-electron chi connectivity index (χ3n) is 9.17. The number of aromatic amines is 1. The van der Waals surface area contributed by atoms with Crippen LogP contribution >= 0.6 is 0 Å². The van der Waals surface area contributed by atoms with Crippen molar-refractivity contribution < 1.29 is 4.79 Å². The molecule has 4 saturated carbocycles. The molecule has 0 bridgehead atoms. The number of rotatable bonds is 1. The van der Waals surface area contributed by atoms with E-state index in [9.17, 15) is 4.79 Å². The van der Waals surface area contributed by atoms with Crippen molar-refractivity contribution in [1.82, 2.24) is 4.98 Å². The quantitative estimate of drug-likeness (QED) is 0.617. The molecule has 26 heavy (non-hydrogen) atoms. The molecule has 2 nitrogen and oxygen atoms in total. The van der Waals surface area contributed by atoms with Crippen molar-refractivity contribution in [2.75, 3.05) is 0 Å². The number of Topliss-reactive ketones (excluding diaryl/α,β-unsaturated/α-hetero) is 1. The van der Waals surface area contributed by atoms with Gasteiger partial charge in [-0.05, 0) is 97.8 Å². The molecule has 0 saturated heterocycles. The van der Waals surface area contributed by atoms with E-state index in [2.05, 4.69) is 31.0 Å². The Morgan fingerprint density at radius 1 is 1.08 bits per heavy atom. The third-order valence-corrected chi connectivity index (χ3v) is 9.17. The number of hydrogen-bond acceptors (Lipinski definition) is 1. The second-order valence-electron chi connectivity index (χ2n) is 10.2. The molecule has 1 heterocycles. The topological polar surface area (TPSA) is 32.9 Å². The highest BCUT2D eigenvalue weighted by Crippen LogP contribution is 2.66. The molecule has 6 atom stereocenters. The zero-order valence-electron chi connectivity index (χ0n) is 16.4. The first-order chi connectivity index (χ1) is 12.5. The lowest BCUT2D eigenvalue weighted by Crippen LogP contribution is -2.52. The van der Waals surface area contributed by atoms with E-state index in [0.29, 0.717) is 17.1 Å². The number of ketones is 1. The molecule has 4 aliphatic rings. The summed E-state index contributed by atoms with van der Waals surface area (Å²) in [5.41, 5.74) is 2.61. The number of aromatic nitrogens is 1. The Morgan fingerprint density at radius 3 is 2.77 bits per heavy atom. The first-order valence-corrected chi connectivity index (χ1v) is 10.9. The van der Waals surface area contributed by atoms with Gasteiger partial charge < -0.3 is 4.98 Å². The summed E-state index contributed by atoms with van der Waals surface area (Å²) < 4.78 is 0. The molecule has 1 N–H and O–H groups in total. The van der Waals surface area contributed by atoms with Gasteiger partial charge in [-0.25, -0.2) is 0 Å². The van der Waals surface area contributed by atoms with Crippen LogP contribution in [0.15, 0.2) is 23.9 Å². The number of fused-ring (bicyclic) bond motifs is 5. The predicted molar refractivity (Wildman–Crippen MR) is 106 cm³/mol. The normalized spacial score (nSPS) is 46.7. The van der Waals surface area contributed by atoms with Crippen LogP contribution in [-0.2, 0) is 4.79 Å². The first kappa shape index (κ1) is 16.8. The first-order valence-electron chi connectivity index (χ1n) is 10.9. The summed E-state index contributed by atoms with van der Waals surface area (Å²) in [6, 6.07) is 4.09. The van der Waals surface area contributed by atoms with Gasteiger partial charge in [-0.2, -0.15) is 0 Å². The van der Waals surface area contributed by atoms with Crippen molar-refractivity contribution in [2.45, 2.75) is 71.6 Å². The maximum atomic E-state index is 13.3. The molecule has 5 rings (SSSR count). The van der Waals surface area contributed by atoms with Crippen LogP contribution in [-0.4, -0.2) is 10.8 Å². The number of allylic oxidation sites excluding steroid dienone is 1. The number of nitrogens with one attached hydrogen (secondary N) is 1. The molecule has 0 amide bonds. The largest absolute Gasteiger partial charge is 0.362 e. The lowest BCUT2D eigenvalue weighted by molar-refractivity contribution is -0.137. The van der Waals surface area contributed by atoms with Crippen molar-refractivity contribution in [3.63, 3.8) is 0 Å². The van der Waals surface area contributed by atoms with Crippen molar-refractivity contribution in [3.8, 4) is 0 Å². The Labute approximate surface area is 157 Å². The van der Waals surface area contributed by atoms with E-state index in [4.69, 9.17) is 0 Å². The molecular weight excluding hydrogens is 318 g/mol. The lowest BCUT2D eigenvalue weighted by atomic mass is 9.45. The van der Waals surface area contributed by atoms with Gasteiger partial charge in [0.1, 0.15) is 0 Å². The number of carbonyl (C=O) groups excluding carboxylic acids is 1. The molecule has 1 aromatic heterocycles. The van der Waals surface area contributed by atoms with Gasteiger partial charge in [0.05, 0.1) is 0 Å². The van der Waals surface area contributed by atoms with Crippen LogP contribution in [0.3, 0.4) is 0 Å². The van der Waals surface area contributed by atoms with E-state index in [-0.39, 0.29) is 5.41 Å². The Hall–Kier alpha value is -1.31. The summed E-state index contributed by atoms with van der Waals surface area (Å²) in [5.74, 6) is 3.61. The van der Waals surface area contributed by atoms with Crippen molar-refractivity contribution in [2.24, 2.45) is 34.5 Å². The van der Waals surface area contributed by atoms with Crippen LogP contribution in [0.5, 0.6) is 0 Å². The third kappa shape index (κ3) is 2.26. The average Bonchev–Trinajstić information content (AvgIpc) is 3.23. The smallest absolute Gasteiger partial charge is 0.165 e. The molecule has 1 aromatic rings. The van der Waals surface area contributed by atoms with Crippen molar-refractivity contribution in [1.29, 1.82) is 0 Å². The van der Waals surface area contributed by atoms with Crippen LogP contribution < -0.4 is 0 Å². The lowest BCUT2D eigenvalue weighted by Gasteiger charge is -2.59. The standard InChI is InChI=1S/C24H33NO/c1-23-11-4-3-6-17(23)8-9-19-20(23)10-12-24(2)21(19)15-16(22(24)26)14-18-7-5-13-25-18/h5,7,13-14,17,19-21,25H,3-4,6,8-12,15H2,1-2H3/b16-14+/t17-,19+,20-,21-,23+,24+/m1/s1. The zero-order valence-corrected chi connectivity index (χ0v) is 16.4. The molecule has 0 aliphatic heterocycles. The van der Waals surface area contributed by atoms with Gasteiger partial charge in [0.25, 0.3) is 0 Å². The SMILES string of the molecule is C[C@]12CCCC[C@@H]1CC[C@H]1[C@H]2CC[C@]2(C)C(=O)/C(=C/c3ccc[nH]3)C[C@H]12. The van der Waals surface area contributed by atoms with Crippen LogP contribution in [0.2, 0.25) is 0 Å². The van der Waals surface area contributed by atoms with Gasteiger partial charge in [0, 0.05) is 17.3 Å². The minimum absolute atomic E-state index is 0.0997. The number of carbonyl (C=O) groups is 1. The fraction of sp³-hybridized carbons (Fsp3) is 0.708. The summed E-state index contributed by atoms with van der Waals surface area (Å²) in [4.78, 5) is 16.6. The minimum Gasteiger partial charge on any atom is -0.362 e. The zero-order chi connectivity index (χ0) is 17.9. The van der Waals surface area contributed by atoms with E-state index in [1.165, 1.54) is 44.9 Å². The second-order valence-corrected chi connectivity index (χ2v) is 10.2. The van der Waals surface area contributed by atoms with Gasteiger partial charge in [0.2, 0.25) is 0 Å². The van der Waals surface area contributed by atoms with E-state index in [1.54, 1.807) is 0 Å². The summed E-state index contributed by atoms with van der Waals surface area (Å²) in [6.45, 7) is 4.91. The van der Waals surface area contributed by atoms with Gasteiger partial charge in [-0.15, -0.1) is 0 Å². The van der Waals surface area contributed by atoms with Crippen LogP contribution in [0.25, 0.3) is 6.08 Å². The fourth-order valence-electron chi connectivity index (χ4n) is 7.72. The number of hydrogen-bond donors (Lipinski definition) is 1. The van der Waals surface area contributed by atoms with E-state index >= 15 is 0 Å². The molecule has 4 aliphatic carbocycles. The molecule has 0 unspecified atom stereocenters. The Kier molecular flexibility index (Phi) is 3.78. The summed E-state index contributed by atoms with van der Waals surface area (Å²) in [6.07, 6.45) is 16.0. The van der Waals surface area contributed by atoms with Gasteiger partial charge in [0.15, 0.2) is 5.78 Å². The molecule has 2 heteroatoms.